The first kappa shape index (κ1) is 17.1. The van der Waals surface area contributed by atoms with Crippen LogP contribution in [0.4, 0.5) is 11.6 Å². The number of carbonyl (C=O) groups excluding carboxylic acids is 1. The summed E-state index contributed by atoms with van der Waals surface area (Å²) in [6.45, 7) is 0. The van der Waals surface area contributed by atoms with E-state index in [4.69, 9.17) is 5.73 Å². The second-order valence-corrected chi connectivity index (χ2v) is 5.64. The normalized spacial score (nSPS) is 9.96. The predicted octanol–water partition coefficient (Wildman–Crippen LogP) is 4.10. The van der Waals surface area contributed by atoms with Crippen molar-refractivity contribution < 1.29 is 4.79 Å². The molecule has 3 aromatic rings. The molecule has 0 saturated heterocycles. The van der Waals surface area contributed by atoms with Gasteiger partial charge in [0.05, 0.1) is 11.9 Å². The van der Waals surface area contributed by atoms with E-state index in [0.29, 0.717) is 11.5 Å². The third-order valence-electron chi connectivity index (χ3n) is 3.16. The lowest BCUT2D eigenvalue weighted by Gasteiger charge is -2.06. The summed E-state index contributed by atoms with van der Waals surface area (Å²) in [5, 5.41) is 2.86. The van der Waals surface area contributed by atoms with Crippen molar-refractivity contribution in [1.82, 2.24) is 9.97 Å². The van der Waals surface area contributed by atoms with E-state index in [1.54, 1.807) is 18.3 Å². The number of benzene rings is 2. The third kappa shape index (κ3) is 4.12. The van der Waals surface area contributed by atoms with Gasteiger partial charge in [0, 0.05) is 15.7 Å². The molecule has 0 unspecified atom stereocenters. The van der Waals surface area contributed by atoms with Crippen molar-refractivity contribution in [3.05, 3.63) is 64.8 Å². The van der Waals surface area contributed by atoms with Crippen LogP contribution in [-0.2, 0) is 0 Å². The van der Waals surface area contributed by atoms with Crippen molar-refractivity contribution in [2.45, 2.75) is 0 Å². The lowest BCUT2D eigenvalue weighted by atomic mass is 10.1. The Kier molecular flexibility index (Phi) is 5.41. The van der Waals surface area contributed by atoms with Gasteiger partial charge >= 0.3 is 0 Å². The van der Waals surface area contributed by atoms with E-state index in [2.05, 4.69) is 31.2 Å². The van der Waals surface area contributed by atoms with E-state index in [9.17, 15) is 4.79 Å². The van der Waals surface area contributed by atoms with Gasteiger partial charge in [-0.15, -0.1) is 12.4 Å². The topological polar surface area (TPSA) is 83.8 Å². The van der Waals surface area contributed by atoms with Crippen LogP contribution in [0.1, 0.15) is 10.4 Å². The lowest BCUT2D eigenvalue weighted by Crippen LogP contribution is -2.11. The van der Waals surface area contributed by atoms with Gasteiger partial charge in [0.2, 0.25) is 0 Å². The lowest BCUT2D eigenvalue weighted by molar-refractivity contribution is 0.102. The molecule has 0 spiro atoms. The zero-order valence-electron chi connectivity index (χ0n) is 11.9. The number of rotatable bonds is 3. The predicted molar refractivity (Wildman–Crippen MR) is 97.8 cm³/mol. The molecule has 4 N–H and O–H groups in total. The third-order valence-corrected chi connectivity index (χ3v) is 3.68. The minimum absolute atomic E-state index is 0. The zero-order chi connectivity index (χ0) is 15.5. The van der Waals surface area contributed by atoms with Crippen LogP contribution in [0.25, 0.3) is 11.3 Å². The minimum atomic E-state index is -0.147. The van der Waals surface area contributed by atoms with E-state index in [1.807, 2.05) is 36.4 Å². The number of aromatic nitrogens is 2. The average molecular weight is 394 g/mol. The Morgan fingerprint density at radius 3 is 2.30 bits per heavy atom. The van der Waals surface area contributed by atoms with Gasteiger partial charge < -0.3 is 16.0 Å². The van der Waals surface area contributed by atoms with Gasteiger partial charge in [0.15, 0.2) is 5.95 Å². The molecule has 0 radical (unpaired) electrons. The van der Waals surface area contributed by atoms with Crippen LogP contribution < -0.4 is 11.1 Å². The molecule has 23 heavy (non-hydrogen) atoms. The number of H-pyrrole nitrogens is 1. The van der Waals surface area contributed by atoms with Crippen LogP contribution in [-0.4, -0.2) is 15.9 Å². The highest BCUT2D eigenvalue weighted by Crippen LogP contribution is 2.20. The Hall–Kier alpha value is -2.31. The average Bonchev–Trinajstić information content (AvgIpc) is 2.95. The van der Waals surface area contributed by atoms with Crippen LogP contribution in [0.3, 0.4) is 0 Å². The standard InChI is InChI=1S/C16H13BrN4O.ClH/c17-12-5-1-11(2-6-12)15(22)20-13-7-3-10(4-8-13)14-9-19-16(18)21-14;/h1-9H,(H,20,22)(H3,18,19,21);1H. The number of hydrogen-bond donors (Lipinski definition) is 3. The van der Waals surface area contributed by atoms with Gasteiger partial charge in [-0.1, -0.05) is 28.1 Å². The minimum Gasteiger partial charge on any atom is -0.369 e. The molecule has 7 heteroatoms. The van der Waals surface area contributed by atoms with Crippen molar-refractivity contribution >= 4 is 45.9 Å². The molecule has 1 aromatic heterocycles. The van der Waals surface area contributed by atoms with Crippen molar-refractivity contribution in [2.75, 3.05) is 11.1 Å². The maximum atomic E-state index is 12.1. The van der Waals surface area contributed by atoms with Crippen LogP contribution in [0.2, 0.25) is 0 Å². The van der Waals surface area contributed by atoms with Gasteiger partial charge in [0.1, 0.15) is 0 Å². The molecule has 0 aliphatic heterocycles. The number of anilines is 2. The highest BCUT2D eigenvalue weighted by Gasteiger charge is 2.06. The fourth-order valence-electron chi connectivity index (χ4n) is 2.02. The molecular formula is C16H14BrClN4O. The molecule has 1 amide bonds. The highest BCUT2D eigenvalue weighted by atomic mass is 79.9. The number of carbonyl (C=O) groups is 1. The first-order valence-corrected chi connectivity index (χ1v) is 7.39. The van der Waals surface area contributed by atoms with Gasteiger partial charge in [-0.25, -0.2) is 4.98 Å². The molecule has 0 bridgehead atoms. The molecular weight excluding hydrogens is 380 g/mol. The van der Waals surface area contributed by atoms with Crippen molar-refractivity contribution in [3.8, 4) is 11.3 Å². The van der Waals surface area contributed by atoms with E-state index in [-0.39, 0.29) is 18.3 Å². The van der Waals surface area contributed by atoms with Crippen LogP contribution in [0.5, 0.6) is 0 Å². The number of aromatic amines is 1. The number of nitrogens with zero attached hydrogens (tertiary/aromatic N) is 1. The van der Waals surface area contributed by atoms with Crippen molar-refractivity contribution in [2.24, 2.45) is 0 Å². The first-order valence-electron chi connectivity index (χ1n) is 6.59. The Morgan fingerprint density at radius 2 is 1.74 bits per heavy atom. The number of hydrogen-bond acceptors (Lipinski definition) is 3. The SMILES string of the molecule is Cl.Nc1ncc(-c2ccc(NC(=O)c3ccc(Br)cc3)cc2)[nH]1. The van der Waals surface area contributed by atoms with E-state index >= 15 is 0 Å². The summed E-state index contributed by atoms with van der Waals surface area (Å²) < 4.78 is 0.937. The summed E-state index contributed by atoms with van der Waals surface area (Å²) in [7, 11) is 0. The highest BCUT2D eigenvalue weighted by molar-refractivity contribution is 9.10. The zero-order valence-corrected chi connectivity index (χ0v) is 14.3. The molecule has 118 valence electrons. The molecule has 0 saturated carbocycles. The number of amides is 1. The van der Waals surface area contributed by atoms with Crippen LogP contribution in [0.15, 0.2) is 59.2 Å². The second-order valence-electron chi connectivity index (χ2n) is 4.72. The van der Waals surface area contributed by atoms with Crippen LogP contribution in [0, 0.1) is 0 Å². The smallest absolute Gasteiger partial charge is 0.255 e. The van der Waals surface area contributed by atoms with Gasteiger partial charge in [0.25, 0.3) is 5.91 Å². The quantitative estimate of drug-likeness (QED) is 0.626. The van der Waals surface area contributed by atoms with Gasteiger partial charge in [-0.3, -0.25) is 4.79 Å². The van der Waals surface area contributed by atoms with E-state index < -0.39 is 0 Å². The summed E-state index contributed by atoms with van der Waals surface area (Å²) in [6, 6.07) is 14.7. The molecule has 2 aromatic carbocycles. The summed E-state index contributed by atoms with van der Waals surface area (Å²) >= 11 is 3.34. The van der Waals surface area contributed by atoms with E-state index in [0.717, 1.165) is 21.4 Å². The van der Waals surface area contributed by atoms with Crippen molar-refractivity contribution in [1.29, 1.82) is 0 Å². The van der Waals surface area contributed by atoms with Gasteiger partial charge in [-0.05, 0) is 42.0 Å². The number of nitrogen functional groups attached to an aromatic ring is 1. The maximum absolute atomic E-state index is 12.1. The molecule has 0 fully saturated rings. The largest absolute Gasteiger partial charge is 0.369 e. The molecule has 0 aliphatic carbocycles. The first-order chi connectivity index (χ1) is 10.6. The van der Waals surface area contributed by atoms with Crippen molar-refractivity contribution in [3.63, 3.8) is 0 Å². The molecule has 3 rings (SSSR count). The summed E-state index contributed by atoms with van der Waals surface area (Å²) in [6.07, 6.45) is 1.67. The second kappa shape index (κ2) is 7.30. The molecule has 0 aliphatic rings. The van der Waals surface area contributed by atoms with E-state index in [1.165, 1.54) is 0 Å². The Morgan fingerprint density at radius 1 is 1.09 bits per heavy atom. The number of nitrogens with two attached hydrogens (primary N) is 1. The number of imidazole rings is 1. The molecule has 0 atom stereocenters. The number of halogens is 2. The molecule has 1 heterocycles. The Bertz CT molecular complexity index is 800. The van der Waals surface area contributed by atoms with Crippen LogP contribution >= 0.6 is 28.3 Å². The fourth-order valence-corrected chi connectivity index (χ4v) is 2.29. The van der Waals surface area contributed by atoms with Gasteiger partial charge in [-0.2, -0.15) is 0 Å². The summed E-state index contributed by atoms with van der Waals surface area (Å²) in [5.74, 6) is 0.230. The molecule has 5 nitrogen and oxygen atoms in total. The Labute approximate surface area is 147 Å². The Balaban J connectivity index is 0.00000192. The fraction of sp³-hybridized carbons (Fsp3) is 0. The summed E-state index contributed by atoms with van der Waals surface area (Å²) in [4.78, 5) is 19.0. The summed E-state index contributed by atoms with van der Waals surface area (Å²) in [5.41, 5.74) is 8.68. The monoisotopic (exact) mass is 392 g/mol. The maximum Gasteiger partial charge on any atom is 0.255 e. The number of nitrogens with one attached hydrogen (secondary N) is 2.